The number of ether oxygens (including phenoxy) is 1. The lowest BCUT2D eigenvalue weighted by Crippen LogP contribution is -2.41. The van der Waals surface area contributed by atoms with Crippen LogP contribution in [0.25, 0.3) is 11.4 Å². The summed E-state index contributed by atoms with van der Waals surface area (Å²) in [4.78, 5) is 0. The first-order valence-electron chi connectivity index (χ1n) is 7.43. The van der Waals surface area contributed by atoms with Crippen LogP contribution in [0.4, 0.5) is 5.69 Å². The van der Waals surface area contributed by atoms with Gasteiger partial charge in [0.25, 0.3) is 0 Å². The maximum absolute atomic E-state index is 5.89. The number of nitrogens with one attached hydrogen (secondary N) is 2. The maximum Gasteiger partial charge on any atom is 0.204 e. The number of hydrogen-bond donors (Lipinski definition) is 2. The number of hydrogen-bond acceptors (Lipinski definition) is 5. The molecule has 0 radical (unpaired) electrons. The number of tetrazole rings is 1. The maximum atomic E-state index is 5.89. The Morgan fingerprint density at radius 1 is 1.48 bits per heavy atom. The van der Waals surface area contributed by atoms with Gasteiger partial charge in [0.1, 0.15) is 0 Å². The summed E-state index contributed by atoms with van der Waals surface area (Å²) in [5.41, 5.74) is 2.03. The zero-order valence-electron chi connectivity index (χ0n) is 12.5. The van der Waals surface area contributed by atoms with Crippen molar-refractivity contribution in [3.05, 3.63) is 24.3 Å². The Balaban J connectivity index is 1.72. The number of benzene rings is 1. The minimum absolute atomic E-state index is 0.0127. The standard InChI is InChI=1S/C15H21N5O/c1-3-15(2)10-13(7-8-21-15)16-12-6-4-5-11(9-12)14-17-19-20-18-14/h4-6,9,13,16H,3,7-8,10H2,1-2H3,(H,17,18,19,20). The third kappa shape index (κ3) is 3.21. The van der Waals surface area contributed by atoms with Gasteiger partial charge in [0, 0.05) is 23.9 Å². The molecule has 1 fully saturated rings. The summed E-state index contributed by atoms with van der Waals surface area (Å²) in [6, 6.07) is 8.55. The summed E-state index contributed by atoms with van der Waals surface area (Å²) in [5.74, 6) is 0.615. The van der Waals surface area contributed by atoms with Crippen LogP contribution >= 0.6 is 0 Å². The van der Waals surface area contributed by atoms with Crippen molar-refractivity contribution >= 4 is 5.69 Å². The highest BCUT2D eigenvalue weighted by atomic mass is 16.5. The molecule has 6 nitrogen and oxygen atoms in total. The van der Waals surface area contributed by atoms with Crippen molar-refractivity contribution < 1.29 is 4.74 Å². The van der Waals surface area contributed by atoms with Gasteiger partial charge in [-0.1, -0.05) is 19.1 Å². The number of aromatic amines is 1. The first-order chi connectivity index (χ1) is 10.2. The van der Waals surface area contributed by atoms with E-state index >= 15 is 0 Å². The molecule has 112 valence electrons. The minimum Gasteiger partial charge on any atom is -0.382 e. The summed E-state index contributed by atoms with van der Waals surface area (Å²) in [5, 5.41) is 17.7. The number of anilines is 1. The molecule has 1 aliphatic heterocycles. The second-order valence-electron chi connectivity index (χ2n) is 5.80. The second-order valence-corrected chi connectivity index (χ2v) is 5.80. The van der Waals surface area contributed by atoms with E-state index in [0.29, 0.717) is 11.9 Å². The molecule has 0 bridgehead atoms. The highest BCUT2D eigenvalue weighted by Gasteiger charge is 2.31. The summed E-state index contributed by atoms with van der Waals surface area (Å²) in [6.07, 6.45) is 3.09. The van der Waals surface area contributed by atoms with E-state index in [4.69, 9.17) is 4.74 Å². The van der Waals surface area contributed by atoms with Gasteiger partial charge in [-0.05, 0) is 43.5 Å². The summed E-state index contributed by atoms with van der Waals surface area (Å²) in [6.45, 7) is 5.18. The van der Waals surface area contributed by atoms with Gasteiger partial charge < -0.3 is 10.1 Å². The van der Waals surface area contributed by atoms with Crippen molar-refractivity contribution in [1.82, 2.24) is 20.6 Å². The van der Waals surface area contributed by atoms with Crippen LogP contribution in [0.5, 0.6) is 0 Å². The van der Waals surface area contributed by atoms with E-state index < -0.39 is 0 Å². The van der Waals surface area contributed by atoms with Crippen LogP contribution in [0, 0.1) is 0 Å². The fourth-order valence-corrected chi connectivity index (χ4v) is 2.77. The van der Waals surface area contributed by atoms with Crippen LogP contribution in [0.3, 0.4) is 0 Å². The number of H-pyrrole nitrogens is 1. The lowest BCUT2D eigenvalue weighted by atomic mass is 9.90. The normalized spacial score (nSPS) is 25.7. The SMILES string of the molecule is CCC1(C)CC(Nc2cccc(-c3nn[nH]n3)c2)CCO1. The van der Waals surface area contributed by atoms with Gasteiger partial charge in [-0.3, -0.25) is 0 Å². The smallest absolute Gasteiger partial charge is 0.204 e. The Bertz CT molecular complexity index is 586. The summed E-state index contributed by atoms with van der Waals surface area (Å²) < 4.78 is 5.89. The van der Waals surface area contributed by atoms with Crippen molar-refractivity contribution in [2.24, 2.45) is 0 Å². The molecule has 2 N–H and O–H groups in total. The molecule has 0 amide bonds. The molecule has 2 heterocycles. The number of aromatic nitrogens is 4. The molecule has 0 spiro atoms. The molecule has 0 saturated carbocycles. The fraction of sp³-hybridized carbons (Fsp3) is 0.533. The van der Waals surface area contributed by atoms with Crippen molar-refractivity contribution in [2.75, 3.05) is 11.9 Å². The Morgan fingerprint density at radius 2 is 2.38 bits per heavy atom. The highest BCUT2D eigenvalue weighted by Crippen LogP contribution is 2.30. The average molecular weight is 287 g/mol. The zero-order chi connectivity index (χ0) is 14.7. The van der Waals surface area contributed by atoms with Gasteiger partial charge in [-0.2, -0.15) is 5.21 Å². The molecule has 1 aromatic carbocycles. The third-order valence-corrected chi connectivity index (χ3v) is 4.18. The van der Waals surface area contributed by atoms with Crippen LogP contribution < -0.4 is 5.32 Å². The lowest BCUT2D eigenvalue weighted by Gasteiger charge is -2.38. The first kappa shape index (κ1) is 14.0. The molecule has 3 rings (SSSR count). The molecule has 2 aromatic rings. The molecule has 1 aromatic heterocycles. The lowest BCUT2D eigenvalue weighted by molar-refractivity contribution is -0.0708. The van der Waals surface area contributed by atoms with Gasteiger partial charge >= 0.3 is 0 Å². The molecule has 2 unspecified atom stereocenters. The topological polar surface area (TPSA) is 75.7 Å². The molecule has 6 heteroatoms. The molecular weight excluding hydrogens is 266 g/mol. The molecule has 21 heavy (non-hydrogen) atoms. The average Bonchev–Trinajstić information content (AvgIpc) is 3.02. The van der Waals surface area contributed by atoms with Crippen LogP contribution in [0.2, 0.25) is 0 Å². The van der Waals surface area contributed by atoms with Gasteiger partial charge in [0.2, 0.25) is 5.82 Å². The largest absolute Gasteiger partial charge is 0.382 e. The zero-order valence-corrected chi connectivity index (χ0v) is 12.5. The summed E-state index contributed by atoms with van der Waals surface area (Å²) >= 11 is 0. The van der Waals surface area contributed by atoms with Crippen LogP contribution in [-0.4, -0.2) is 38.9 Å². The predicted octanol–water partition coefficient (Wildman–Crippen LogP) is 2.63. The van der Waals surface area contributed by atoms with E-state index in [1.807, 2.05) is 12.1 Å². The van der Waals surface area contributed by atoms with Crippen molar-refractivity contribution in [3.63, 3.8) is 0 Å². The molecular formula is C15H21N5O. The number of rotatable bonds is 4. The molecule has 1 aliphatic rings. The fourth-order valence-electron chi connectivity index (χ4n) is 2.77. The van der Waals surface area contributed by atoms with E-state index in [1.165, 1.54) is 0 Å². The van der Waals surface area contributed by atoms with Crippen molar-refractivity contribution in [3.8, 4) is 11.4 Å². The second kappa shape index (κ2) is 5.81. The minimum atomic E-state index is -0.0127. The Labute approximate surface area is 124 Å². The van der Waals surface area contributed by atoms with Gasteiger partial charge in [0.05, 0.1) is 5.60 Å². The Hall–Kier alpha value is -1.95. The van der Waals surface area contributed by atoms with Crippen molar-refractivity contribution in [2.45, 2.75) is 44.8 Å². The number of nitrogens with zero attached hydrogens (tertiary/aromatic N) is 3. The first-order valence-corrected chi connectivity index (χ1v) is 7.43. The quantitative estimate of drug-likeness (QED) is 0.904. The predicted molar refractivity (Wildman–Crippen MR) is 80.9 cm³/mol. The molecule has 0 aliphatic carbocycles. The molecule has 2 atom stereocenters. The van der Waals surface area contributed by atoms with E-state index in [2.05, 4.69) is 51.9 Å². The monoisotopic (exact) mass is 287 g/mol. The van der Waals surface area contributed by atoms with Gasteiger partial charge in [-0.25, -0.2) is 0 Å². The van der Waals surface area contributed by atoms with Crippen LogP contribution in [-0.2, 0) is 4.74 Å². The molecule has 1 saturated heterocycles. The Kier molecular flexibility index (Phi) is 3.88. The highest BCUT2D eigenvalue weighted by molar-refractivity contribution is 5.61. The van der Waals surface area contributed by atoms with Crippen molar-refractivity contribution in [1.29, 1.82) is 0 Å². The van der Waals surface area contributed by atoms with E-state index in [0.717, 1.165) is 37.1 Å². The van der Waals surface area contributed by atoms with E-state index in [-0.39, 0.29) is 5.60 Å². The third-order valence-electron chi connectivity index (χ3n) is 4.18. The van der Waals surface area contributed by atoms with E-state index in [1.54, 1.807) is 0 Å². The van der Waals surface area contributed by atoms with E-state index in [9.17, 15) is 0 Å². The van der Waals surface area contributed by atoms with Crippen LogP contribution in [0.15, 0.2) is 24.3 Å². The Morgan fingerprint density at radius 3 is 3.14 bits per heavy atom. The van der Waals surface area contributed by atoms with Crippen LogP contribution in [0.1, 0.15) is 33.1 Å². The van der Waals surface area contributed by atoms with Gasteiger partial charge in [-0.15, -0.1) is 10.2 Å². The van der Waals surface area contributed by atoms with Gasteiger partial charge in [0.15, 0.2) is 0 Å². The summed E-state index contributed by atoms with van der Waals surface area (Å²) in [7, 11) is 0.